The van der Waals surface area contributed by atoms with Gasteiger partial charge in [-0.25, -0.2) is 4.98 Å². The minimum absolute atomic E-state index is 0.220. The zero-order valence-electron chi connectivity index (χ0n) is 16.4. The molecule has 0 saturated carbocycles. The van der Waals surface area contributed by atoms with Crippen LogP contribution in [0.4, 0.5) is 0 Å². The van der Waals surface area contributed by atoms with Gasteiger partial charge >= 0.3 is 0 Å². The summed E-state index contributed by atoms with van der Waals surface area (Å²) in [6, 6.07) is 16.9. The maximum Gasteiger partial charge on any atom is 0.261 e. The van der Waals surface area contributed by atoms with Crippen molar-refractivity contribution in [1.29, 1.82) is 0 Å². The van der Waals surface area contributed by atoms with E-state index in [1.165, 1.54) is 16.3 Å². The highest BCUT2D eigenvalue weighted by Crippen LogP contribution is 2.26. The number of benzene rings is 2. The quantitative estimate of drug-likeness (QED) is 0.460. The van der Waals surface area contributed by atoms with E-state index in [9.17, 15) is 9.59 Å². The molecule has 2 heterocycles. The van der Waals surface area contributed by atoms with Crippen LogP contribution in [0.2, 0.25) is 0 Å². The molecule has 0 atom stereocenters. The number of nitrogens with zero attached hydrogens (tertiary/aromatic N) is 5. The van der Waals surface area contributed by atoms with Gasteiger partial charge < -0.3 is 10.3 Å². The van der Waals surface area contributed by atoms with E-state index in [1.54, 1.807) is 18.2 Å². The highest BCUT2D eigenvalue weighted by atomic mass is 32.2. The molecule has 0 unspecified atom stereocenters. The predicted octanol–water partition coefficient (Wildman–Crippen LogP) is 2.45. The highest BCUT2D eigenvalue weighted by molar-refractivity contribution is 7.98. The molecule has 0 radical (unpaired) electrons. The fourth-order valence-electron chi connectivity index (χ4n) is 3.25. The average Bonchev–Trinajstić information content (AvgIpc) is 3.18. The SMILES string of the molecule is CCn1c(SCc2nc3ccccc3c(=O)n2CC(N)=O)nnc1-c1ccccc1. The third-order valence-corrected chi connectivity index (χ3v) is 5.61. The van der Waals surface area contributed by atoms with Crippen LogP contribution in [0.1, 0.15) is 12.7 Å². The summed E-state index contributed by atoms with van der Waals surface area (Å²) < 4.78 is 3.35. The zero-order chi connectivity index (χ0) is 21.1. The van der Waals surface area contributed by atoms with Gasteiger partial charge in [-0.15, -0.1) is 10.2 Å². The average molecular weight is 420 g/mol. The van der Waals surface area contributed by atoms with Gasteiger partial charge in [0.15, 0.2) is 11.0 Å². The molecule has 0 aliphatic rings. The molecule has 4 rings (SSSR count). The van der Waals surface area contributed by atoms with Crippen molar-refractivity contribution in [1.82, 2.24) is 24.3 Å². The van der Waals surface area contributed by atoms with E-state index in [0.717, 1.165) is 11.4 Å². The van der Waals surface area contributed by atoms with Gasteiger partial charge in [-0.05, 0) is 19.1 Å². The van der Waals surface area contributed by atoms with Crippen LogP contribution in [0, 0.1) is 0 Å². The van der Waals surface area contributed by atoms with E-state index in [0.29, 0.717) is 34.2 Å². The van der Waals surface area contributed by atoms with Crippen molar-refractivity contribution in [3.63, 3.8) is 0 Å². The number of hydrogen-bond donors (Lipinski definition) is 1. The van der Waals surface area contributed by atoms with Crippen molar-refractivity contribution in [2.75, 3.05) is 0 Å². The van der Waals surface area contributed by atoms with Crippen LogP contribution in [0.25, 0.3) is 22.3 Å². The van der Waals surface area contributed by atoms with Gasteiger partial charge in [-0.3, -0.25) is 14.2 Å². The maximum atomic E-state index is 12.9. The number of para-hydroxylation sites is 1. The summed E-state index contributed by atoms with van der Waals surface area (Å²) in [5, 5.41) is 9.83. The molecule has 0 spiro atoms. The number of carbonyl (C=O) groups excluding carboxylic acids is 1. The molecule has 0 aliphatic carbocycles. The standard InChI is InChI=1S/C21H20N6O2S/c1-2-26-19(14-8-4-3-5-9-14)24-25-21(26)30-13-18-23-16-11-7-6-10-15(16)20(29)27(18)12-17(22)28/h3-11H,2,12-13H2,1H3,(H2,22,28). The first-order chi connectivity index (χ1) is 14.6. The first-order valence-corrected chi connectivity index (χ1v) is 10.4. The topological polar surface area (TPSA) is 109 Å². The van der Waals surface area contributed by atoms with Crippen LogP contribution in [0.15, 0.2) is 64.5 Å². The van der Waals surface area contributed by atoms with E-state index in [4.69, 9.17) is 5.73 Å². The van der Waals surface area contributed by atoms with Crippen molar-refractivity contribution in [3.05, 3.63) is 70.8 Å². The monoisotopic (exact) mass is 420 g/mol. The van der Waals surface area contributed by atoms with Crippen LogP contribution < -0.4 is 11.3 Å². The second-order valence-corrected chi connectivity index (χ2v) is 7.55. The molecule has 0 bridgehead atoms. The molecule has 2 aromatic heterocycles. The van der Waals surface area contributed by atoms with Gasteiger partial charge in [-0.1, -0.05) is 54.2 Å². The van der Waals surface area contributed by atoms with Crippen LogP contribution in [0.3, 0.4) is 0 Å². The lowest BCUT2D eigenvalue weighted by atomic mass is 10.2. The number of hydrogen-bond acceptors (Lipinski definition) is 6. The largest absolute Gasteiger partial charge is 0.368 e. The molecule has 8 nitrogen and oxygen atoms in total. The Morgan fingerprint density at radius 3 is 2.50 bits per heavy atom. The number of fused-ring (bicyclic) bond motifs is 1. The lowest BCUT2D eigenvalue weighted by Crippen LogP contribution is -2.31. The summed E-state index contributed by atoms with van der Waals surface area (Å²) in [7, 11) is 0. The molecule has 2 N–H and O–H groups in total. The summed E-state index contributed by atoms with van der Waals surface area (Å²) in [6.45, 7) is 2.50. The second kappa shape index (κ2) is 8.50. The number of nitrogens with two attached hydrogens (primary N) is 1. The fourth-order valence-corrected chi connectivity index (χ4v) is 4.20. The van der Waals surface area contributed by atoms with Crippen LogP contribution in [-0.4, -0.2) is 30.2 Å². The van der Waals surface area contributed by atoms with E-state index < -0.39 is 5.91 Å². The Kier molecular flexibility index (Phi) is 5.62. The van der Waals surface area contributed by atoms with Crippen LogP contribution >= 0.6 is 11.8 Å². The first kappa shape index (κ1) is 19.8. The van der Waals surface area contributed by atoms with Crippen molar-refractivity contribution in [3.8, 4) is 11.4 Å². The molecule has 30 heavy (non-hydrogen) atoms. The fraction of sp³-hybridized carbons (Fsp3) is 0.190. The van der Waals surface area contributed by atoms with Gasteiger partial charge in [0.1, 0.15) is 12.4 Å². The smallest absolute Gasteiger partial charge is 0.261 e. The number of carbonyl (C=O) groups is 1. The predicted molar refractivity (Wildman–Crippen MR) is 116 cm³/mol. The lowest BCUT2D eigenvalue weighted by molar-refractivity contribution is -0.118. The summed E-state index contributed by atoms with van der Waals surface area (Å²) >= 11 is 1.41. The third-order valence-electron chi connectivity index (χ3n) is 4.65. The van der Waals surface area contributed by atoms with E-state index >= 15 is 0 Å². The van der Waals surface area contributed by atoms with Gasteiger partial charge in [0.05, 0.1) is 16.7 Å². The molecule has 9 heteroatoms. The Balaban J connectivity index is 1.69. The third kappa shape index (κ3) is 3.84. The Morgan fingerprint density at radius 2 is 1.77 bits per heavy atom. The summed E-state index contributed by atoms with van der Waals surface area (Å²) in [4.78, 5) is 29.0. The number of primary amides is 1. The van der Waals surface area contributed by atoms with Crippen molar-refractivity contribution < 1.29 is 4.79 Å². The second-order valence-electron chi connectivity index (χ2n) is 6.61. The normalized spacial score (nSPS) is 11.1. The minimum Gasteiger partial charge on any atom is -0.368 e. The van der Waals surface area contributed by atoms with Crippen LogP contribution in [-0.2, 0) is 23.6 Å². The Bertz CT molecular complexity index is 1270. The Labute approximate surface area is 176 Å². The minimum atomic E-state index is -0.594. The van der Waals surface area contributed by atoms with Crippen molar-refractivity contribution >= 4 is 28.6 Å². The lowest BCUT2D eigenvalue weighted by Gasteiger charge is -2.12. The summed E-state index contributed by atoms with van der Waals surface area (Å²) in [6.07, 6.45) is 0. The molecule has 0 aliphatic heterocycles. The maximum absolute atomic E-state index is 12.9. The molecular formula is C21H20N6O2S. The van der Waals surface area contributed by atoms with Gasteiger partial charge in [0.2, 0.25) is 5.91 Å². The van der Waals surface area contributed by atoms with Gasteiger partial charge in [0, 0.05) is 12.1 Å². The number of amides is 1. The van der Waals surface area contributed by atoms with E-state index in [-0.39, 0.29) is 12.1 Å². The molecule has 0 saturated heterocycles. The molecular weight excluding hydrogens is 400 g/mol. The number of rotatable bonds is 7. The molecule has 0 fully saturated rings. The highest BCUT2D eigenvalue weighted by Gasteiger charge is 2.17. The van der Waals surface area contributed by atoms with E-state index in [2.05, 4.69) is 15.2 Å². The Hall–Kier alpha value is -3.46. The van der Waals surface area contributed by atoms with Gasteiger partial charge in [-0.2, -0.15) is 0 Å². The number of aromatic nitrogens is 5. The van der Waals surface area contributed by atoms with Crippen molar-refractivity contribution in [2.45, 2.75) is 30.9 Å². The van der Waals surface area contributed by atoms with E-state index in [1.807, 2.05) is 47.9 Å². The molecule has 152 valence electrons. The van der Waals surface area contributed by atoms with Crippen LogP contribution in [0.5, 0.6) is 0 Å². The zero-order valence-corrected chi connectivity index (χ0v) is 17.2. The molecule has 1 amide bonds. The Morgan fingerprint density at radius 1 is 1.03 bits per heavy atom. The molecule has 4 aromatic rings. The first-order valence-electron chi connectivity index (χ1n) is 9.46. The summed E-state index contributed by atoms with van der Waals surface area (Å²) in [5.41, 5.74) is 6.65. The van der Waals surface area contributed by atoms with Crippen molar-refractivity contribution in [2.24, 2.45) is 5.73 Å². The molecule has 2 aromatic carbocycles. The summed E-state index contributed by atoms with van der Waals surface area (Å²) in [5.74, 6) is 1.000. The van der Waals surface area contributed by atoms with Gasteiger partial charge in [0.25, 0.3) is 5.56 Å². The number of thioether (sulfide) groups is 1.